The number of anilines is 1. The Morgan fingerprint density at radius 1 is 0.931 bits per heavy atom. The molecule has 0 fully saturated rings. The van der Waals surface area contributed by atoms with Crippen molar-refractivity contribution >= 4 is 34.0 Å². The smallest absolute Gasteiger partial charge is 0.257 e. The van der Waals surface area contributed by atoms with Crippen molar-refractivity contribution < 1.29 is 9.53 Å². The number of ether oxygens (including phenoxy) is 1. The fraction of sp³-hybridized carbons (Fsp3) is 0.0435. The van der Waals surface area contributed by atoms with Crippen molar-refractivity contribution in [1.82, 2.24) is 4.98 Å². The number of rotatable bonds is 5. The molecular weight excluding hydrogens is 404 g/mol. The quantitative estimate of drug-likeness (QED) is 0.407. The van der Waals surface area contributed by atoms with Crippen LogP contribution in [0, 0.1) is 0 Å². The Balaban J connectivity index is 1.68. The van der Waals surface area contributed by atoms with Gasteiger partial charge in [-0.15, -0.1) is 0 Å². The number of methoxy groups -OCH3 is 1. The zero-order valence-corrected chi connectivity index (χ0v) is 17.1. The Labute approximate surface area is 177 Å². The standard InChI is InChI=1S/C23H17ClN2O2S/c1-28-19-13-9-17(10-14-19)22(27)26-23-25-20(15-5-3-2-4-6-15)21(29-23)16-7-11-18(24)12-8-16/h2-14H,1H3,(H,25,26,27). The van der Waals surface area contributed by atoms with Crippen LogP contribution in [0.5, 0.6) is 5.75 Å². The van der Waals surface area contributed by atoms with Crippen molar-refractivity contribution in [3.63, 3.8) is 0 Å². The minimum atomic E-state index is -0.219. The summed E-state index contributed by atoms with van der Waals surface area (Å²) < 4.78 is 5.14. The molecule has 3 aromatic carbocycles. The summed E-state index contributed by atoms with van der Waals surface area (Å²) in [7, 11) is 1.59. The number of nitrogens with one attached hydrogen (secondary N) is 1. The summed E-state index contributed by atoms with van der Waals surface area (Å²) in [6.07, 6.45) is 0. The average Bonchev–Trinajstić information content (AvgIpc) is 3.18. The molecule has 0 saturated heterocycles. The first-order valence-corrected chi connectivity index (χ1v) is 10.1. The molecule has 0 aliphatic carbocycles. The van der Waals surface area contributed by atoms with Crippen LogP contribution in [0.4, 0.5) is 5.13 Å². The number of nitrogens with zero attached hydrogens (tertiary/aromatic N) is 1. The maximum Gasteiger partial charge on any atom is 0.257 e. The molecule has 1 heterocycles. The molecule has 29 heavy (non-hydrogen) atoms. The molecule has 0 unspecified atom stereocenters. The summed E-state index contributed by atoms with van der Waals surface area (Å²) in [5.41, 5.74) is 3.34. The first kappa shape index (κ1) is 19.2. The fourth-order valence-corrected chi connectivity index (χ4v) is 3.99. The Kier molecular flexibility index (Phi) is 5.60. The monoisotopic (exact) mass is 420 g/mol. The maximum absolute atomic E-state index is 12.6. The summed E-state index contributed by atoms with van der Waals surface area (Å²) in [4.78, 5) is 18.3. The van der Waals surface area contributed by atoms with E-state index < -0.39 is 0 Å². The van der Waals surface area contributed by atoms with E-state index in [1.54, 1.807) is 31.4 Å². The van der Waals surface area contributed by atoms with E-state index in [0.717, 1.165) is 21.7 Å². The normalized spacial score (nSPS) is 10.6. The van der Waals surface area contributed by atoms with Crippen LogP contribution in [0.25, 0.3) is 21.7 Å². The number of aromatic nitrogens is 1. The van der Waals surface area contributed by atoms with Crippen LogP contribution in [0.2, 0.25) is 5.02 Å². The number of hydrogen-bond acceptors (Lipinski definition) is 4. The maximum atomic E-state index is 12.6. The Bertz CT molecular complexity index is 1120. The third-order valence-electron chi connectivity index (χ3n) is 4.35. The molecule has 4 aromatic rings. The van der Waals surface area contributed by atoms with Gasteiger partial charge >= 0.3 is 0 Å². The van der Waals surface area contributed by atoms with Crippen molar-refractivity contribution in [2.75, 3.05) is 12.4 Å². The van der Waals surface area contributed by atoms with Gasteiger partial charge in [0.2, 0.25) is 0 Å². The van der Waals surface area contributed by atoms with Crippen molar-refractivity contribution in [3.8, 4) is 27.4 Å². The summed E-state index contributed by atoms with van der Waals surface area (Å²) in [5.74, 6) is 0.482. The number of thiazole rings is 1. The van der Waals surface area contributed by atoms with E-state index >= 15 is 0 Å². The number of carbonyl (C=O) groups excluding carboxylic acids is 1. The number of benzene rings is 3. The molecule has 0 spiro atoms. The summed E-state index contributed by atoms with van der Waals surface area (Å²) in [6.45, 7) is 0. The van der Waals surface area contributed by atoms with Gasteiger partial charge in [0.15, 0.2) is 5.13 Å². The predicted molar refractivity (Wildman–Crippen MR) is 119 cm³/mol. The second kappa shape index (κ2) is 8.47. The van der Waals surface area contributed by atoms with E-state index in [0.29, 0.717) is 21.5 Å². The van der Waals surface area contributed by atoms with E-state index in [2.05, 4.69) is 5.32 Å². The number of carbonyl (C=O) groups is 1. The van der Waals surface area contributed by atoms with E-state index in [1.165, 1.54) is 11.3 Å². The molecule has 1 amide bonds. The SMILES string of the molecule is COc1ccc(C(=O)Nc2nc(-c3ccccc3)c(-c3ccc(Cl)cc3)s2)cc1. The zero-order valence-electron chi connectivity index (χ0n) is 15.6. The number of halogens is 1. The van der Waals surface area contributed by atoms with E-state index in [-0.39, 0.29) is 5.91 Å². The van der Waals surface area contributed by atoms with Crippen LogP contribution in [-0.2, 0) is 0 Å². The molecule has 0 aliphatic rings. The van der Waals surface area contributed by atoms with Gasteiger partial charge in [-0.1, -0.05) is 65.4 Å². The van der Waals surface area contributed by atoms with E-state index in [9.17, 15) is 4.79 Å². The highest BCUT2D eigenvalue weighted by molar-refractivity contribution is 7.19. The molecule has 1 N–H and O–H groups in total. The highest BCUT2D eigenvalue weighted by atomic mass is 35.5. The topological polar surface area (TPSA) is 51.2 Å². The van der Waals surface area contributed by atoms with Crippen molar-refractivity contribution in [2.24, 2.45) is 0 Å². The zero-order chi connectivity index (χ0) is 20.2. The lowest BCUT2D eigenvalue weighted by Crippen LogP contribution is -2.11. The molecule has 4 nitrogen and oxygen atoms in total. The van der Waals surface area contributed by atoms with Crippen LogP contribution < -0.4 is 10.1 Å². The first-order valence-electron chi connectivity index (χ1n) is 8.91. The molecule has 0 bridgehead atoms. The molecule has 0 aliphatic heterocycles. The van der Waals surface area contributed by atoms with Crippen molar-refractivity contribution in [3.05, 3.63) is 89.4 Å². The Morgan fingerprint density at radius 2 is 1.62 bits per heavy atom. The average molecular weight is 421 g/mol. The molecule has 0 radical (unpaired) electrons. The van der Waals surface area contributed by atoms with Crippen LogP contribution in [-0.4, -0.2) is 18.0 Å². The van der Waals surface area contributed by atoms with Crippen LogP contribution in [0.15, 0.2) is 78.9 Å². The predicted octanol–water partition coefficient (Wildman–Crippen LogP) is 6.39. The van der Waals surface area contributed by atoms with E-state index in [4.69, 9.17) is 21.3 Å². The number of amides is 1. The summed E-state index contributed by atoms with van der Waals surface area (Å²) in [6, 6.07) is 24.5. The van der Waals surface area contributed by atoms with Gasteiger partial charge in [-0.2, -0.15) is 0 Å². The van der Waals surface area contributed by atoms with Gasteiger partial charge in [-0.3, -0.25) is 10.1 Å². The molecular formula is C23H17ClN2O2S. The second-order valence-corrected chi connectivity index (χ2v) is 7.69. The molecule has 0 atom stereocenters. The lowest BCUT2D eigenvalue weighted by atomic mass is 10.1. The minimum Gasteiger partial charge on any atom is -0.497 e. The minimum absolute atomic E-state index is 0.219. The second-order valence-electron chi connectivity index (χ2n) is 6.25. The lowest BCUT2D eigenvalue weighted by Gasteiger charge is -2.03. The van der Waals surface area contributed by atoms with Gasteiger partial charge in [0, 0.05) is 16.1 Å². The van der Waals surface area contributed by atoms with Gasteiger partial charge in [0.25, 0.3) is 5.91 Å². The van der Waals surface area contributed by atoms with Gasteiger partial charge in [0.1, 0.15) is 5.75 Å². The van der Waals surface area contributed by atoms with Gasteiger partial charge in [-0.25, -0.2) is 4.98 Å². The fourth-order valence-electron chi connectivity index (χ4n) is 2.87. The molecule has 6 heteroatoms. The molecule has 144 valence electrons. The molecule has 4 rings (SSSR count). The highest BCUT2D eigenvalue weighted by Gasteiger charge is 2.17. The lowest BCUT2D eigenvalue weighted by molar-refractivity contribution is 0.102. The molecule has 1 aromatic heterocycles. The first-order chi connectivity index (χ1) is 14.1. The highest BCUT2D eigenvalue weighted by Crippen LogP contribution is 2.39. The largest absolute Gasteiger partial charge is 0.497 e. The Morgan fingerprint density at radius 3 is 2.28 bits per heavy atom. The van der Waals surface area contributed by atoms with Crippen molar-refractivity contribution in [2.45, 2.75) is 0 Å². The van der Waals surface area contributed by atoms with Crippen molar-refractivity contribution in [1.29, 1.82) is 0 Å². The van der Waals surface area contributed by atoms with Crippen LogP contribution in [0.3, 0.4) is 0 Å². The van der Waals surface area contributed by atoms with Gasteiger partial charge in [-0.05, 0) is 42.0 Å². The Hall–Kier alpha value is -3.15. The third kappa shape index (κ3) is 4.31. The van der Waals surface area contributed by atoms with E-state index in [1.807, 2.05) is 54.6 Å². The van der Waals surface area contributed by atoms with Gasteiger partial charge < -0.3 is 4.74 Å². The summed E-state index contributed by atoms with van der Waals surface area (Å²) >= 11 is 7.47. The molecule has 0 saturated carbocycles. The van der Waals surface area contributed by atoms with Gasteiger partial charge in [0.05, 0.1) is 17.7 Å². The number of hydrogen-bond donors (Lipinski definition) is 1. The summed E-state index contributed by atoms with van der Waals surface area (Å²) in [5, 5.41) is 4.12. The third-order valence-corrected chi connectivity index (χ3v) is 5.63. The van der Waals surface area contributed by atoms with Crippen LogP contribution >= 0.6 is 22.9 Å². The van der Waals surface area contributed by atoms with Crippen LogP contribution in [0.1, 0.15) is 10.4 Å².